The van der Waals surface area contributed by atoms with E-state index in [1.165, 1.54) is 17.4 Å². The van der Waals surface area contributed by atoms with Crippen molar-refractivity contribution in [2.45, 2.75) is 24.7 Å². The van der Waals surface area contributed by atoms with Gasteiger partial charge in [0.05, 0.1) is 23.4 Å². The molecule has 2 aromatic carbocycles. The summed E-state index contributed by atoms with van der Waals surface area (Å²) in [5.41, 5.74) is 1.11. The number of anilines is 2. The van der Waals surface area contributed by atoms with Crippen LogP contribution in [0.15, 0.2) is 42.5 Å². The highest BCUT2D eigenvalue weighted by Gasteiger charge is 2.47. The lowest BCUT2D eigenvalue weighted by Gasteiger charge is -2.33. The van der Waals surface area contributed by atoms with E-state index in [0.717, 1.165) is 9.38 Å². The summed E-state index contributed by atoms with van der Waals surface area (Å²) in [6.45, 7) is 0.0650. The van der Waals surface area contributed by atoms with E-state index in [4.69, 9.17) is 14.2 Å². The number of hydrogen-bond donors (Lipinski definition) is 2. The number of ether oxygens (including phenoxy) is 3. The van der Waals surface area contributed by atoms with Gasteiger partial charge in [-0.15, -0.1) is 0 Å². The molecule has 0 saturated heterocycles. The van der Waals surface area contributed by atoms with Crippen LogP contribution >= 0.6 is 11.3 Å². The number of aromatic nitrogens is 3. The summed E-state index contributed by atoms with van der Waals surface area (Å²) in [7, 11) is 1.55. The molecule has 2 atom stereocenters. The number of amides is 1. The molecule has 6 rings (SSSR count). The second-order valence-electron chi connectivity index (χ2n) is 8.27. The highest BCUT2D eigenvalue weighted by atomic mass is 32.1. The summed E-state index contributed by atoms with van der Waals surface area (Å²) in [6.07, 6.45) is -4.88. The number of alkyl halides is 3. The van der Waals surface area contributed by atoms with Crippen LogP contribution < -0.4 is 24.8 Å². The van der Waals surface area contributed by atoms with Gasteiger partial charge in [0, 0.05) is 12.5 Å². The fraction of sp³-hybridized carbons (Fsp3) is 0.261. The summed E-state index contributed by atoms with van der Waals surface area (Å²) in [4.78, 5) is 17.2. The lowest BCUT2D eigenvalue weighted by atomic mass is 9.96. The number of nitrogens with zero attached hydrogens (tertiary/aromatic N) is 3. The molecule has 0 spiro atoms. The summed E-state index contributed by atoms with van der Waals surface area (Å²) in [5, 5.41) is 10.0. The minimum absolute atomic E-state index is 0.0650. The van der Waals surface area contributed by atoms with Gasteiger partial charge in [-0.3, -0.25) is 10.1 Å². The molecule has 0 saturated carbocycles. The molecule has 0 aliphatic carbocycles. The molecule has 36 heavy (non-hydrogen) atoms. The third-order valence-electron chi connectivity index (χ3n) is 6.04. The Morgan fingerprint density at radius 3 is 2.83 bits per heavy atom. The van der Waals surface area contributed by atoms with Crippen molar-refractivity contribution in [1.29, 1.82) is 0 Å². The highest BCUT2D eigenvalue weighted by molar-refractivity contribution is 7.22. The number of hydrogen-bond acceptors (Lipinski definition) is 8. The molecule has 0 radical (unpaired) electrons. The van der Waals surface area contributed by atoms with Crippen molar-refractivity contribution in [3.8, 4) is 17.2 Å². The monoisotopic (exact) mass is 517 g/mol. The smallest absolute Gasteiger partial charge is 0.410 e. The average molecular weight is 517 g/mol. The molecule has 4 heterocycles. The zero-order valence-electron chi connectivity index (χ0n) is 18.6. The van der Waals surface area contributed by atoms with Crippen LogP contribution in [0.5, 0.6) is 17.2 Å². The Balaban J connectivity index is 1.28. The van der Waals surface area contributed by atoms with E-state index >= 15 is 0 Å². The highest BCUT2D eigenvalue weighted by Crippen LogP contribution is 2.45. The molecular formula is C23H18F3N5O4S. The number of nitrogens with one attached hydrogen (secondary N) is 2. The normalized spacial score (nSPS) is 18.6. The molecule has 9 nitrogen and oxygen atoms in total. The van der Waals surface area contributed by atoms with E-state index in [-0.39, 0.29) is 24.7 Å². The molecule has 2 aromatic heterocycles. The van der Waals surface area contributed by atoms with Crippen LogP contribution in [-0.2, 0) is 0 Å². The Bertz CT molecular complexity index is 1480. The second-order valence-corrected chi connectivity index (χ2v) is 9.30. The van der Waals surface area contributed by atoms with Crippen LogP contribution in [0.3, 0.4) is 0 Å². The lowest BCUT2D eigenvalue weighted by Crippen LogP contribution is -2.35. The van der Waals surface area contributed by atoms with E-state index < -0.39 is 24.2 Å². The first kappa shape index (κ1) is 22.5. The van der Waals surface area contributed by atoms with Crippen molar-refractivity contribution in [2.24, 2.45) is 0 Å². The van der Waals surface area contributed by atoms with Crippen LogP contribution in [0.1, 0.15) is 34.6 Å². The zero-order chi connectivity index (χ0) is 25.0. The third-order valence-corrected chi connectivity index (χ3v) is 6.97. The van der Waals surface area contributed by atoms with Gasteiger partial charge >= 0.3 is 6.18 Å². The van der Waals surface area contributed by atoms with E-state index in [0.29, 0.717) is 33.5 Å². The number of halogens is 3. The second kappa shape index (κ2) is 8.29. The van der Waals surface area contributed by atoms with Crippen LogP contribution in [-0.4, -0.2) is 40.8 Å². The minimum Gasteiger partial charge on any atom is -0.497 e. The van der Waals surface area contributed by atoms with E-state index in [9.17, 15) is 18.0 Å². The van der Waals surface area contributed by atoms with Gasteiger partial charge in [0.25, 0.3) is 5.91 Å². The van der Waals surface area contributed by atoms with E-state index in [2.05, 4.69) is 20.7 Å². The van der Waals surface area contributed by atoms with Crippen LogP contribution in [0, 0.1) is 0 Å². The molecule has 0 bridgehead atoms. The van der Waals surface area contributed by atoms with Crippen molar-refractivity contribution in [2.75, 3.05) is 24.5 Å². The van der Waals surface area contributed by atoms with Gasteiger partial charge in [0.1, 0.15) is 11.6 Å². The topological polar surface area (TPSA) is 99.5 Å². The number of carbonyl (C=O) groups excluding carboxylic acids is 1. The molecule has 2 N–H and O–H groups in total. The largest absolute Gasteiger partial charge is 0.497 e. The molecule has 13 heteroatoms. The molecule has 2 aliphatic heterocycles. The number of rotatable bonds is 4. The van der Waals surface area contributed by atoms with Crippen LogP contribution in [0.25, 0.3) is 10.2 Å². The van der Waals surface area contributed by atoms with Crippen molar-refractivity contribution >= 4 is 38.4 Å². The number of thiazole rings is 1. The molecule has 0 unspecified atom stereocenters. The number of benzene rings is 2. The zero-order valence-corrected chi connectivity index (χ0v) is 19.4. The summed E-state index contributed by atoms with van der Waals surface area (Å²) in [5.74, 6) is 1.09. The first-order valence-corrected chi connectivity index (χ1v) is 11.7. The summed E-state index contributed by atoms with van der Waals surface area (Å²) >= 11 is 1.22. The molecule has 0 fully saturated rings. The van der Waals surface area contributed by atoms with Gasteiger partial charge in [0.15, 0.2) is 28.4 Å². The number of methoxy groups -OCH3 is 1. The lowest BCUT2D eigenvalue weighted by molar-refractivity contribution is -0.173. The number of fused-ring (bicyclic) bond motifs is 3. The summed E-state index contributed by atoms with van der Waals surface area (Å²) < 4.78 is 59.5. The van der Waals surface area contributed by atoms with Crippen molar-refractivity contribution in [3.05, 3.63) is 53.7 Å². The van der Waals surface area contributed by atoms with Gasteiger partial charge in [-0.05, 0) is 35.9 Å². The van der Waals surface area contributed by atoms with E-state index in [1.807, 2.05) is 0 Å². The SMILES string of the molecule is COc1ccc2nc(NC(=O)c3cc4n(n3)[C@@H](C(F)(F)F)C[C@@H](c3ccc5c(c3)OCO5)N4)sc2c1. The Morgan fingerprint density at radius 1 is 1.19 bits per heavy atom. The molecule has 2 aliphatic rings. The average Bonchev–Trinajstić information content (AvgIpc) is 3.58. The summed E-state index contributed by atoms with van der Waals surface area (Å²) in [6, 6.07) is 9.03. The predicted octanol–water partition coefficient (Wildman–Crippen LogP) is 5.14. The maximum Gasteiger partial charge on any atom is 0.410 e. The third kappa shape index (κ3) is 3.94. The molecular weight excluding hydrogens is 499 g/mol. The van der Waals surface area contributed by atoms with Crippen LogP contribution in [0.4, 0.5) is 24.1 Å². The van der Waals surface area contributed by atoms with Crippen molar-refractivity contribution in [1.82, 2.24) is 14.8 Å². The van der Waals surface area contributed by atoms with Crippen LogP contribution in [0.2, 0.25) is 0 Å². The van der Waals surface area contributed by atoms with Gasteiger partial charge in [0.2, 0.25) is 6.79 Å². The van der Waals surface area contributed by atoms with Gasteiger partial charge in [-0.25, -0.2) is 9.67 Å². The molecule has 1 amide bonds. The van der Waals surface area contributed by atoms with Crippen molar-refractivity contribution in [3.63, 3.8) is 0 Å². The Kier molecular flexibility index (Phi) is 5.18. The molecule has 186 valence electrons. The number of carbonyl (C=O) groups is 1. The standard InChI is InChI=1S/C23H18F3N5O4S/c1-33-12-3-4-13-18(7-12)36-22(28-13)29-21(32)15-9-20-27-14(8-19(23(24,25)26)31(20)30-15)11-2-5-16-17(6-11)35-10-34-16/h2-7,9,14,19,27H,8,10H2,1H3,(H,28,29,32)/t14-,19+/m0/s1. The van der Waals surface area contributed by atoms with Gasteiger partial charge in [-0.2, -0.15) is 18.3 Å². The van der Waals surface area contributed by atoms with Gasteiger partial charge in [-0.1, -0.05) is 17.4 Å². The maximum atomic E-state index is 14.0. The minimum atomic E-state index is -4.57. The Hall–Kier alpha value is -4.00. The fourth-order valence-electron chi connectivity index (χ4n) is 4.28. The first-order chi connectivity index (χ1) is 17.3. The van der Waals surface area contributed by atoms with Gasteiger partial charge < -0.3 is 19.5 Å². The first-order valence-electron chi connectivity index (χ1n) is 10.9. The van der Waals surface area contributed by atoms with Crippen molar-refractivity contribution < 1.29 is 32.2 Å². The Morgan fingerprint density at radius 2 is 2.03 bits per heavy atom. The Labute approximate surface area is 205 Å². The predicted molar refractivity (Wildman–Crippen MR) is 125 cm³/mol. The fourth-order valence-corrected chi connectivity index (χ4v) is 5.17. The quantitative estimate of drug-likeness (QED) is 0.387. The maximum absolute atomic E-state index is 14.0. The molecule has 4 aromatic rings. The van der Waals surface area contributed by atoms with E-state index in [1.54, 1.807) is 43.5 Å².